The minimum atomic E-state index is -4.52. The molecule has 0 radical (unpaired) electrons. The van der Waals surface area contributed by atoms with E-state index >= 15 is 0 Å². The van der Waals surface area contributed by atoms with Gasteiger partial charge in [-0.25, -0.2) is 0 Å². The third kappa shape index (κ3) is 5.28. The van der Waals surface area contributed by atoms with Crippen LogP contribution < -0.4 is 10.7 Å². The number of amides is 2. The zero-order valence-electron chi connectivity index (χ0n) is 11.4. The molecule has 0 aliphatic heterocycles. The van der Waals surface area contributed by atoms with E-state index in [4.69, 9.17) is 0 Å². The van der Waals surface area contributed by atoms with Gasteiger partial charge in [-0.1, -0.05) is 0 Å². The van der Waals surface area contributed by atoms with Crippen LogP contribution in [0.25, 0.3) is 0 Å². The van der Waals surface area contributed by atoms with Crippen LogP contribution >= 0.6 is 0 Å². The molecule has 2 N–H and O–H groups in total. The highest BCUT2D eigenvalue weighted by molar-refractivity contribution is 5.96. The molecule has 9 heteroatoms. The molecule has 2 amide bonds. The second-order valence-corrected chi connectivity index (χ2v) is 4.45. The number of pyridine rings is 1. The first-order valence-corrected chi connectivity index (χ1v) is 5.88. The monoisotopic (exact) mass is 305 g/mol. The zero-order valence-corrected chi connectivity index (χ0v) is 11.4. The summed E-state index contributed by atoms with van der Waals surface area (Å²) in [6, 6.07) is 1.21. The molecule has 0 aromatic carbocycles. The van der Waals surface area contributed by atoms with Crippen LogP contribution in [0.1, 0.15) is 16.1 Å². The molecule has 0 saturated carbocycles. The minimum absolute atomic E-state index is 0.188. The lowest BCUT2D eigenvalue weighted by atomic mass is 10.2. The van der Waals surface area contributed by atoms with Crippen LogP contribution in [-0.4, -0.2) is 48.0 Å². The van der Waals surface area contributed by atoms with E-state index in [9.17, 15) is 27.6 Å². The van der Waals surface area contributed by atoms with Gasteiger partial charge in [-0.2, -0.15) is 13.2 Å². The molecule has 0 saturated heterocycles. The number of aromatic nitrogens is 1. The minimum Gasteiger partial charge on any atom is -0.364 e. The molecule has 1 heterocycles. The van der Waals surface area contributed by atoms with Crippen molar-refractivity contribution >= 4 is 11.8 Å². The van der Waals surface area contributed by atoms with Crippen molar-refractivity contribution in [3.8, 4) is 0 Å². The quantitative estimate of drug-likeness (QED) is 0.846. The molecule has 0 atom stereocenters. The van der Waals surface area contributed by atoms with Crippen LogP contribution in [-0.2, 0) is 4.79 Å². The number of carbonyl (C=O) groups excluding carboxylic acids is 2. The summed E-state index contributed by atoms with van der Waals surface area (Å²) in [7, 11) is 1.22. The summed E-state index contributed by atoms with van der Waals surface area (Å²) in [4.78, 5) is 38.4. The topological polar surface area (TPSA) is 82.3 Å². The molecule has 1 rings (SSSR count). The van der Waals surface area contributed by atoms with Gasteiger partial charge in [0.25, 0.3) is 5.91 Å². The summed E-state index contributed by atoms with van der Waals surface area (Å²) in [6.45, 7) is -0.425. The lowest BCUT2D eigenvalue weighted by Gasteiger charge is -2.17. The highest BCUT2D eigenvalue weighted by Crippen LogP contribution is 2.12. The van der Waals surface area contributed by atoms with E-state index < -0.39 is 36.5 Å². The Morgan fingerprint density at radius 2 is 2.00 bits per heavy atom. The van der Waals surface area contributed by atoms with Crippen LogP contribution in [0.5, 0.6) is 0 Å². The summed E-state index contributed by atoms with van der Waals surface area (Å²) in [6.07, 6.45) is -3.32. The Morgan fingerprint density at radius 1 is 1.38 bits per heavy atom. The van der Waals surface area contributed by atoms with Crippen molar-refractivity contribution in [1.29, 1.82) is 0 Å². The van der Waals surface area contributed by atoms with Gasteiger partial charge in [0.1, 0.15) is 12.1 Å². The first kappa shape index (κ1) is 16.7. The number of nitrogens with zero attached hydrogens (tertiary/aromatic N) is 1. The van der Waals surface area contributed by atoms with E-state index in [0.717, 1.165) is 4.90 Å². The van der Waals surface area contributed by atoms with Crippen molar-refractivity contribution < 1.29 is 22.8 Å². The van der Waals surface area contributed by atoms with Crippen molar-refractivity contribution in [2.75, 3.05) is 20.1 Å². The molecule has 0 bridgehead atoms. The second kappa shape index (κ2) is 6.42. The summed E-state index contributed by atoms with van der Waals surface area (Å²) in [5.74, 6) is -1.72. The van der Waals surface area contributed by atoms with Crippen LogP contribution in [0.3, 0.4) is 0 Å². The number of alkyl halides is 3. The van der Waals surface area contributed by atoms with Crippen LogP contribution in [0.4, 0.5) is 13.2 Å². The lowest BCUT2D eigenvalue weighted by molar-refractivity contribution is -0.138. The number of hydrogen-bond donors (Lipinski definition) is 2. The van der Waals surface area contributed by atoms with Crippen LogP contribution in [0.15, 0.2) is 17.1 Å². The third-order valence-corrected chi connectivity index (χ3v) is 2.50. The number of carbonyl (C=O) groups is 2. The van der Waals surface area contributed by atoms with E-state index in [1.54, 1.807) is 12.2 Å². The number of likely N-dealkylation sites (N-methyl/N-ethyl adjacent to an activating group) is 1. The van der Waals surface area contributed by atoms with Gasteiger partial charge in [-0.05, 0) is 6.92 Å². The Kier molecular flexibility index (Phi) is 5.12. The van der Waals surface area contributed by atoms with Crippen molar-refractivity contribution in [1.82, 2.24) is 15.2 Å². The van der Waals surface area contributed by atoms with Crippen LogP contribution in [0, 0.1) is 6.92 Å². The Bertz CT molecular complexity index is 595. The fraction of sp³-hybridized carbons (Fsp3) is 0.417. The van der Waals surface area contributed by atoms with Crippen molar-refractivity contribution in [3.05, 3.63) is 33.7 Å². The number of hydrogen-bond acceptors (Lipinski definition) is 3. The van der Waals surface area contributed by atoms with Gasteiger partial charge in [0.05, 0.1) is 6.54 Å². The molecular weight excluding hydrogens is 291 g/mol. The Balaban J connectivity index is 2.67. The van der Waals surface area contributed by atoms with Gasteiger partial charge in [-0.3, -0.25) is 14.4 Å². The molecule has 0 aliphatic carbocycles. The highest BCUT2D eigenvalue weighted by Gasteiger charge is 2.28. The molecule has 21 heavy (non-hydrogen) atoms. The Labute approximate surface area is 117 Å². The molecule has 1 aromatic heterocycles. The van der Waals surface area contributed by atoms with Gasteiger partial charge in [0.2, 0.25) is 5.91 Å². The molecule has 0 unspecified atom stereocenters. The van der Waals surface area contributed by atoms with Crippen molar-refractivity contribution in [3.63, 3.8) is 0 Å². The maximum absolute atomic E-state index is 11.9. The number of aryl methyl sites for hydroxylation is 1. The average Bonchev–Trinajstić information content (AvgIpc) is 2.34. The molecule has 0 fully saturated rings. The average molecular weight is 305 g/mol. The zero-order chi connectivity index (χ0) is 16.2. The van der Waals surface area contributed by atoms with Gasteiger partial charge in [-0.15, -0.1) is 0 Å². The highest BCUT2D eigenvalue weighted by atomic mass is 19.4. The third-order valence-electron chi connectivity index (χ3n) is 2.50. The molecule has 1 aromatic rings. The largest absolute Gasteiger partial charge is 0.405 e. The first-order chi connectivity index (χ1) is 9.60. The number of H-pyrrole nitrogens is 1. The summed E-state index contributed by atoms with van der Waals surface area (Å²) >= 11 is 0. The SMILES string of the molecule is Cc1cc(=O)c(C(=O)N(C)CC(=O)NCC(F)(F)F)c[nH]1. The summed E-state index contributed by atoms with van der Waals surface area (Å²) < 4.78 is 35.8. The molecular formula is C12H14F3N3O3. The number of rotatable bonds is 4. The van der Waals surface area contributed by atoms with Crippen LogP contribution in [0.2, 0.25) is 0 Å². The molecule has 0 spiro atoms. The van der Waals surface area contributed by atoms with E-state index in [1.807, 2.05) is 0 Å². The first-order valence-electron chi connectivity index (χ1n) is 5.88. The summed E-state index contributed by atoms with van der Waals surface area (Å²) in [5.41, 5.74) is -0.160. The molecule has 0 aliphatic rings. The fourth-order valence-electron chi connectivity index (χ4n) is 1.49. The Hall–Kier alpha value is -2.32. The smallest absolute Gasteiger partial charge is 0.364 e. The van der Waals surface area contributed by atoms with E-state index in [0.29, 0.717) is 5.69 Å². The number of aromatic amines is 1. The molecule has 116 valence electrons. The fourth-order valence-corrected chi connectivity index (χ4v) is 1.49. The molecule has 6 nitrogen and oxygen atoms in total. The predicted molar refractivity (Wildman–Crippen MR) is 67.8 cm³/mol. The van der Waals surface area contributed by atoms with Crippen molar-refractivity contribution in [2.45, 2.75) is 13.1 Å². The van der Waals surface area contributed by atoms with Crippen molar-refractivity contribution in [2.24, 2.45) is 0 Å². The maximum Gasteiger partial charge on any atom is 0.405 e. The van der Waals surface area contributed by atoms with Gasteiger partial charge < -0.3 is 15.2 Å². The van der Waals surface area contributed by atoms with Gasteiger partial charge >= 0.3 is 6.18 Å². The van der Waals surface area contributed by atoms with E-state index in [1.165, 1.54) is 19.3 Å². The second-order valence-electron chi connectivity index (χ2n) is 4.45. The number of halogens is 3. The number of nitrogens with one attached hydrogen (secondary N) is 2. The predicted octanol–water partition coefficient (Wildman–Crippen LogP) is 0.434. The Morgan fingerprint density at radius 3 is 2.52 bits per heavy atom. The van der Waals surface area contributed by atoms with E-state index in [-0.39, 0.29) is 5.56 Å². The summed E-state index contributed by atoms with van der Waals surface area (Å²) in [5, 5.41) is 1.64. The van der Waals surface area contributed by atoms with E-state index in [2.05, 4.69) is 4.98 Å². The van der Waals surface area contributed by atoms with Gasteiger partial charge in [0.15, 0.2) is 5.43 Å². The normalized spacial score (nSPS) is 11.1. The lowest BCUT2D eigenvalue weighted by Crippen LogP contribution is -2.42. The van der Waals surface area contributed by atoms with Gasteiger partial charge in [0, 0.05) is 25.0 Å². The maximum atomic E-state index is 11.9. The standard InChI is InChI=1S/C12H14F3N3O3/c1-7-3-9(19)8(4-16-7)11(21)18(2)5-10(20)17-6-12(13,14)15/h3-4H,5-6H2,1-2H3,(H,16,19)(H,17,20).